The molecule has 13 heteroatoms. The molecule has 0 atom stereocenters. The van der Waals surface area contributed by atoms with Crippen LogP contribution in [-0.2, 0) is 14.8 Å². The lowest BCUT2D eigenvalue weighted by Gasteiger charge is -2.42. The highest BCUT2D eigenvalue weighted by molar-refractivity contribution is 8.00. The molecule has 8 nitrogen and oxygen atoms in total. The lowest BCUT2D eigenvalue weighted by molar-refractivity contribution is -0.133. The number of carbonyl (C=O) groups excluding carboxylic acids is 1. The Labute approximate surface area is 189 Å². The number of ether oxygens (including phenoxy) is 1. The third-order valence-electron chi connectivity index (χ3n) is 5.90. The van der Waals surface area contributed by atoms with Gasteiger partial charge in [0.1, 0.15) is 11.9 Å². The van der Waals surface area contributed by atoms with E-state index in [4.69, 9.17) is 4.74 Å². The van der Waals surface area contributed by atoms with Crippen molar-refractivity contribution in [3.63, 3.8) is 0 Å². The van der Waals surface area contributed by atoms with Gasteiger partial charge in [0.05, 0.1) is 0 Å². The van der Waals surface area contributed by atoms with Crippen molar-refractivity contribution in [1.82, 2.24) is 14.7 Å². The van der Waals surface area contributed by atoms with Crippen LogP contribution in [0.4, 0.5) is 13.2 Å². The minimum Gasteiger partial charge on any atom is -0.490 e. The number of halogens is 3. The predicted octanol–water partition coefficient (Wildman–Crippen LogP) is 2.44. The third-order valence-corrected chi connectivity index (χ3v) is 9.27. The molecule has 2 N–H and O–H groups in total. The molecule has 1 aromatic carbocycles. The summed E-state index contributed by atoms with van der Waals surface area (Å²) in [5.74, 6) is -0.509. The zero-order valence-corrected chi connectivity index (χ0v) is 19.1. The highest BCUT2D eigenvalue weighted by atomic mass is 32.2. The Bertz CT molecular complexity index is 896. The van der Waals surface area contributed by atoms with E-state index in [0.717, 1.165) is 0 Å². The van der Waals surface area contributed by atoms with Crippen molar-refractivity contribution in [1.29, 1.82) is 0 Å². The van der Waals surface area contributed by atoms with E-state index in [-0.39, 0.29) is 48.7 Å². The number of alkyl halides is 3. The number of piperidine rings is 2. The van der Waals surface area contributed by atoms with Gasteiger partial charge in [-0.15, -0.1) is 0 Å². The molecule has 0 aliphatic carbocycles. The number of hydroxylamine groups is 1. The van der Waals surface area contributed by atoms with Crippen LogP contribution in [0.1, 0.15) is 25.7 Å². The normalized spacial score (nSPS) is 21.3. The van der Waals surface area contributed by atoms with E-state index < -0.39 is 26.2 Å². The molecule has 2 fully saturated rings. The van der Waals surface area contributed by atoms with Gasteiger partial charge in [0.25, 0.3) is 5.91 Å². The molecule has 2 aliphatic rings. The number of rotatable bonds is 6. The summed E-state index contributed by atoms with van der Waals surface area (Å²) in [5, 5.41) is 9.19. The number of likely N-dealkylation sites (tertiary alicyclic amines) is 1. The van der Waals surface area contributed by atoms with Crippen LogP contribution in [0.15, 0.2) is 29.2 Å². The first kappa shape index (κ1) is 25.1. The minimum atomic E-state index is -4.36. The molecule has 0 radical (unpaired) electrons. The number of hydrogen-bond acceptors (Lipinski definition) is 7. The standard InChI is InChI=1S/C19H26F3N3O5S2/c1-24-12-8-18(9-13-24,17(26)23-27)32(28,29)25-10-6-15(7-11-25)30-14-2-4-16(5-3-14)31-19(20,21)22/h2-5,15,27H,6-13H2,1H3,(H,23,26). The molecule has 2 saturated heterocycles. The first-order chi connectivity index (χ1) is 15.0. The maximum atomic E-state index is 13.4. The van der Waals surface area contributed by atoms with Crippen LogP contribution in [0.3, 0.4) is 0 Å². The van der Waals surface area contributed by atoms with E-state index in [9.17, 15) is 31.6 Å². The Morgan fingerprint density at radius 2 is 1.72 bits per heavy atom. The van der Waals surface area contributed by atoms with Crippen molar-refractivity contribution < 1.29 is 36.3 Å². The number of benzene rings is 1. The largest absolute Gasteiger partial charge is 0.490 e. The molecule has 2 aliphatic heterocycles. The molecule has 0 bridgehead atoms. The number of thioether (sulfide) groups is 1. The van der Waals surface area contributed by atoms with Crippen molar-refractivity contribution in [3.8, 4) is 5.75 Å². The van der Waals surface area contributed by atoms with Crippen molar-refractivity contribution >= 4 is 27.7 Å². The monoisotopic (exact) mass is 497 g/mol. The summed E-state index contributed by atoms with van der Waals surface area (Å²) < 4.78 is 69.5. The summed E-state index contributed by atoms with van der Waals surface area (Å²) >= 11 is -0.207. The second kappa shape index (κ2) is 9.75. The fourth-order valence-electron chi connectivity index (χ4n) is 4.03. The number of sulfonamides is 1. The lowest BCUT2D eigenvalue weighted by atomic mass is 9.95. The summed E-state index contributed by atoms with van der Waals surface area (Å²) in [6.45, 7) is 1.11. The summed E-state index contributed by atoms with van der Waals surface area (Å²) in [6, 6.07) is 5.56. The van der Waals surface area contributed by atoms with Crippen molar-refractivity contribution in [2.24, 2.45) is 0 Å². The van der Waals surface area contributed by atoms with Crippen LogP contribution in [-0.4, -0.2) is 78.3 Å². The van der Waals surface area contributed by atoms with Crippen LogP contribution in [0.2, 0.25) is 0 Å². The second-order valence-electron chi connectivity index (χ2n) is 7.98. The minimum absolute atomic E-state index is 0.0522. The number of amides is 1. The molecular weight excluding hydrogens is 471 g/mol. The second-order valence-corrected chi connectivity index (χ2v) is 11.4. The zero-order valence-electron chi connectivity index (χ0n) is 17.5. The molecule has 32 heavy (non-hydrogen) atoms. The van der Waals surface area contributed by atoms with E-state index in [0.29, 0.717) is 31.7 Å². The smallest absolute Gasteiger partial charge is 0.446 e. The fraction of sp³-hybridized carbons (Fsp3) is 0.632. The van der Waals surface area contributed by atoms with Gasteiger partial charge in [-0.3, -0.25) is 10.0 Å². The molecule has 0 aromatic heterocycles. The van der Waals surface area contributed by atoms with Gasteiger partial charge < -0.3 is 9.64 Å². The fourth-order valence-corrected chi connectivity index (χ4v) is 6.74. The number of nitrogens with one attached hydrogen (secondary N) is 1. The van der Waals surface area contributed by atoms with E-state index in [1.807, 2.05) is 11.9 Å². The molecule has 0 spiro atoms. The van der Waals surface area contributed by atoms with Gasteiger partial charge in [-0.1, -0.05) is 0 Å². The van der Waals surface area contributed by atoms with Crippen molar-refractivity contribution in [3.05, 3.63) is 24.3 Å². The average molecular weight is 498 g/mol. The highest BCUT2D eigenvalue weighted by Gasteiger charge is 2.54. The van der Waals surface area contributed by atoms with Crippen LogP contribution in [0.25, 0.3) is 0 Å². The topological polar surface area (TPSA) is 99.2 Å². The molecule has 1 aromatic rings. The Balaban J connectivity index is 1.62. The SMILES string of the molecule is CN1CCC(C(=O)NO)(S(=O)(=O)N2CCC(Oc3ccc(SC(F)(F)F)cc3)CC2)CC1. The third kappa shape index (κ3) is 5.50. The highest BCUT2D eigenvalue weighted by Crippen LogP contribution is 2.38. The summed E-state index contributed by atoms with van der Waals surface area (Å²) in [5.41, 5.74) is -2.83. The Morgan fingerprint density at radius 1 is 1.16 bits per heavy atom. The molecule has 2 heterocycles. The first-order valence-electron chi connectivity index (χ1n) is 10.1. The van der Waals surface area contributed by atoms with Crippen LogP contribution in [0.5, 0.6) is 5.75 Å². The molecule has 0 saturated carbocycles. The zero-order chi connectivity index (χ0) is 23.6. The molecular formula is C19H26F3N3O5S2. The Hall–Kier alpha value is -1.54. The maximum absolute atomic E-state index is 13.4. The van der Waals surface area contributed by atoms with Gasteiger partial charge in [-0.05, 0) is 81.8 Å². The van der Waals surface area contributed by atoms with Gasteiger partial charge in [-0.25, -0.2) is 18.2 Å². The number of hydrogen-bond donors (Lipinski definition) is 2. The number of carbonyl (C=O) groups is 1. The van der Waals surface area contributed by atoms with E-state index in [2.05, 4.69) is 0 Å². The van der Waals surface area contributed by atoms with Gasteiger partial charge in [0.15, 0.2) is 4.75 Å². The summed E-state index contributed by atoms with van der Waals surface area (Å²) in [4.78, 5) is 14.4. The van der Waals surface area contributed by atoms with Gasteiger partial charge >= 0.3 is 5.51 Å². The molecule has 3 rings (SSSR count). The van der Waals surface area contributed by atoms with E-state index in [1.165, 1.54) is 34.1 Å². The van der Waals surface area contributed by atoms with E-state index >= 15 is 0 Å². The van der Waals surface area contributed by atoms with E-state index in [1.54, 1.807) is 0 Å². The van der Waals surface area contributed by atoms with Gasteiger partial charge in [0, 0.05) is 18.0 Å². The average Bonchev–Trinajstić information content (AvgIpc) is 2.74. The van der Waals surface area contributed by atoms with Gasteiger partial charge in [-0.2, -0.15) is 13.2 Å². The maximum Gasteiger partial charge on any atom is 0.446 e. The first-order valence-corrected chi connectivity index (χ1v) is 12.4. The lowest BCUT2D eigenvalue weighted by Crippen LogP contribution is -2.62. The Morgan fingerprint density at radius 3 is 2.22 bits per heavy atom. The van der Waals surface area contributed by atoms with Crippen LogP contribution < -0.4 is 10.2 Å². The quantitative estimate of drug-likeness (QED) is 0.354. The number of nitrogens with zero attached hydrogens (tertiary/aromatic N) is 2. The van der Waals surface area contributed by atoms with Crippen LogP contribution in [0, 0.1) is 0 Å². The van der Waals surface area contributed by atoms with Crippen molar-refractivity contribution in [2.45, 2.75) is 46.9 Å². The summed E-state index contributed by atoms with van der Waals surface area (Å²) in [7, 11) is -2.19. The van der Waals surface area contributed by atoms with Crippen LogP contribution >= 0.6 is 11.8 Å². The van der Waals surface area contributed by atoms with Crippen molar-refractivity contribution in [2.75, 3.05) is 33.2 Å². The molecule has 180 valence electrons. The van der Waals surface area contributed by atoms with Gasteiger partial charge in [0.2, 0.25) is 10.0 Å². The molecule has 1 amide bonds. The molecule has 0 unspecified atom stereocenters. The summed E-state index contributed by atoms with van der Waals surface area (Å²) in [6.07, 6.45) is 0.598. The predicted molar refractivity (Wildman–Crippen MR) is 112 cm³/mol. The Kier molecular flexibility index (Phi) is 7.65.